The van der Waals surface area contributed by atoms with Gasteiger partial charge in [-0.2, -0.15) is 5.26 Å². The zero-order valence-electron chi connectivity index (χ0n) is 15.1. The second-order valence-corrected chi connectivity index (χ2v) is 7.20. The normalized spacial score (nSPS) is 11.0. The van der Waals surface area contributed by atoms with E-state index in [9.17, 15) is 18.8 Å². The number of hydrogen-bond acceptors (Lipinski definition) is 2. The molecule has 6 heteroatoms. The maximum Gasteiger partial charge on any atom is 0.266 e. The van der Waals surface area contributed by atoms with E-state index in [0.29, 0.717) is 17.7 Å². The molecule has 0 unspecified atom stereocenters. The van der Waals surface area contributed by atoms with Crippen LogP contribution in [0.5, 0.6) is 0 Å². The molecule has 0 bridgehead atoms. The van der Waals surface area contributed by atoms with E-state index in [1.54, 1.807) is 12.1 Å². The standard InChI is InChI=1S/C23H15BrF2N2O/c24-19-5-4-16(10-15-2-1-3-21(26)11-15)17(13-19)12-18(14-27)23(29)28-22-8-6-20(25)7-9-22/h1-9,11-13H,10H2,(H,28,29)/b18-12+. The van der Waals surface area contributed by atoms with Crippen LogP contribution in [0, 0.1) is 23.0 Å². The number of anilines is 1. The second kappa shape index (κ2) is 9.26. The third-order valence-electron chi connectivity index (χ3n) is 4.16. The average Bonchev–Trinajstić information content (AvgIpc) is 2.69. The Bertz CT molecular complexity index is 1120. The highest BCUT2D eigenvalue weighted by Crippen LogP contribution is 2.23. The molecule has 0 aliphatic carbocycles. The first-order chi connectivity index (χ1) is 13.9. The summed E-state index contributed by atoms with van der Waals surface area (Å²) in [5.41, 5.74) is 2.55. The summed E-state index contributed by atoms with van der Waals surface area (Å²) in [4.78, 5) is 12.5. The molecular weight excluding hydrogens is 438 g/mol. The van der Waals surface area contributed by atoms with Crippen molar-refractivity contribution in [1.82, 2.24) is 0 Å². The molecule has 3 rings (SSSR count). The van der Waals surface area contributed by atoms with Crippen LogP contribution in [0.2, 0.25) is 0 Å². The first-order valence-corrected chi connectivity index (χ1v) is 9.45. The molecule has 144 valence electrons. The molecule has 0 fully saturated rings. The largest absolute Gasteiger partial charge is 0.321 e. The van der Waals surface area contributed by atoms with Gasteiger partial charge in [0, 0.05) is 10.2 Å². The lowest BCUT2D eigenvalue weighted by atomic mass is 9.98. The van der Waals surface area contributed by atoms with Crippen molar-refractivity contribution in [2.75, 3.05) is 5.32 Å². The van der Waals surface area contributed by atoms with Gasteiger partial charge in [-0.05, 0) is 77.7 Å². The third-order valence-corrected chi connectivity index (χ3v) is 4.65. The van der Waals surface area contributed by atoms with Gasteiger partial charge in [0.15, 0.2) is 0 Å². The maximum atomic E-state index is 13.5. The summed E-state index contributed by atoms with van der Waals surface area (Å²) >= 11 is 3.39. The van der Waals surface area contributed by atoms with Crippen LogP contribution in [-0.4, -0.2) is 5.91 Å². The van der Waals surface area contributed by atoms with E-state index < -0.39 is 11.7 Å². The number of carbonyl (C=O) groups excluding carboxylic acids is 1. The average molecular weight is 453 g/mol. The van der Waals surface area contributed by atoms with Crippen molar-refractivity contribution >= 4 is 33.6 Å². The molecule has 3 aromatic carbocycles. The van der Waals surface area contributed by atoms with Gasteiger partial charge < -0.3 is 5.32 Å². The summed E-state index contributed by atoms with van der Waals surface area (Å²) < 4.78 is 27.3. The summed E-state index contributed by atoms with van der Waals surface area (Å²) in [5.74, 6) is -1.35. The summed E-state index contributed by atoms with van der Waals surface area (Å²) in [7, 11) is 0. The van der Waals surface area contributed by atoms with Crippen LogP contribution < -0.4 is 5.32 Å². The number of halogens is 3. The monoisotopic (exact) mass is 452 g/mol. The van der Waals surface area contributed by atoms with Crippen LogP contribution in [0.3, 0.4) is 0 Å². The lowest BCUT2D eigenvalue weighted by molar-refractivity contribution is -0.112. The van der Waals surface area contributed by atoms with Crippen LogP contribution in [0.4, 0.5) is 14.5 Å². The molecule has 3 nitrogen and oxygen atoms in total. The van der Waals surface area contributed by atoms with Crippen molar-refractivity contribution in [3.8, 4) is 6.07 Å². The number of nitrogens with one attached hydrogen (secondary N) is 1. The Hall–Kier alpha value is -3.30. The van der Waals surface area contributed by atoms with Crippen molar-refractivity contribution in [3.63, 3.8) is 0 Å². The molecule has 0 saturated carbocycles. The van der Waals surface area contributed by atoms with E-state index in [-0.39, 0.29) is 11.4 Å². The van der Waals surface area contributed by atoms with Crippen molar-refractivity contribution in [2.45, 2.75) is 6.42 Å². The summed E-state index contributed by atoms with van der Waals surface area (Å²) in [6, 6.07) is 18.9. The highest BCUT2D eigenvalue weighted by Gasteiger charge is 2.12. The molecule has 0 aliphatic heterocycles. The minimum atomic E-state index is -0.601. The maximum absolute atomic E-state index is 13.5. The number of rotatable bonds is 5. The van der Waals surface area contributed by atoms with Crippen LogP contribution in [0.15, 0.2) is 76.8 Å². The van der Waals surface area contributed by atoms with Gasteiger partial charge in [-0.1, -0.05) is 34.1 Å². The topological polar surface area (TPSA) is 52.9 Å². The zero-order chi connectivity index (χ0) is 20.8. The fraction of sp³-hybridized carbons (Fsp3) is 0.0435. The molecular formula is C23H15BrF2N2O. The smallest absolute Gasteiger partial charge is 0.266 e. The number of hydrogen-bond donors (Lipinski definition) is 1. The first-order valence-electron chi connectivity index (χ1n) is 8.66. The lowest BCUT2D eigenvalue weighted by Gasteiger charge is -2.09. The van der Waals surface area contributed by atoms with Crippen LogP contribution >= 0.6 is 15.9 Å². The fourth-order valence-corrected chi connectivity index (χ4v) is 3.14. The molecule has 0 aromatic heterocycles. The molecule has 0 radical (unpaired) electrons. The van der Waals surface area contributed by atoms with E-state index in [0.717, 1.165) is 15.6 Å². The molecule has 3 aromatic rings. The lowest BCUT2D eigenvalue weighted by Crippen LogP contribution is -2.13. The van der Waals surface area contributed by atoms with Crippen molar-refractivity contribution in [1.29, 1.82) is 5.26 Å². The third kappa shape index (κ3) is 5.59. The summed E-state index contributed by atoms with van der Waals surface area (Å²) in [5, 5.41) is 12.0. The molecule has 0 saturated heterocycles. The predicted octanol–water partition coefficient (Wildman–Crippen LogP) is 5.86. The van der Waals surface area contributed by atoms with Crippen molar-refractivity contribution in [2.24, 2.45) is 0 Å². The Kier molecular flexibility index (Phi) is 6.53. The van der Waals surface area contributed by atoms with E-state index in [1.807, 2.05) is 24.3 Å². The Morgan fingerprint density at radius 2 is 1.79 bits per heavy atom. The van der Waals surface area contributed by atoms with E-state index in [4.69, 9.17) is 0 Å². The Morgan fingerprint density at radius 1 is 1.03 bits per heavy atom. The van der Waals surface area contributed by atoms with Gasteiger partial charge in [-0.25, -0.2) is 8.78 Å². The number of benzene rings is 3. The van der Waals surface area contributed by atoms with Gasteiger partial charge in [0.2, 0.25) is 0 Å². The zero-order valence-corrected chi connectivity index (χ0v) is 16.7. The number of nitriles is 1. The molecule has 1 N–H and O–H groups in total. The van der Waals surface area contributed by atoms with Gasteiger partial charge in [-0.15, -0.1) is 0 Å². The summed E-state index contributed by atoms with van der Waals surface area (Å²) in [6.45, 7) is 0. The quantitative estimate of drug-likeness (QED) is 0.389. The van der Waals surface area contributed by atoms with Gasteiger partial charge in [0.1, 0.15) is 23.3 Å². The van der Waals surface area contributed by atoms with Gasteiger partial charge in [0.25, 0.3) is 5.91 Å². The summed E-state index contributed by atoms with van der Waals surface area (Å²) in [6.07, 6.45) is 1.92. The SMILES string of the molecule is N#C/C(=C\c1cc(Br)ccc1Cc1cccc(F)c1)C(=O)Nc1ccc(F)cc1. The predicted molar refractivity (Wildman–Crippen MR) is 112 cm³/mol. The van der Waals surface area contributed by atoms with Crippen molar-refractivity contribution < 1.29 is 13.6 Å². The van der Waals surface area contributed by atoms with Crippen LogP contribution in [0.25, 0.3) is 6.08 Å². The molecule has 0 heterocycles. The first kappa shape index (κ1) is 20.4. The molecule has 0 aliphatic rings. The fourth-order valence-electron chi connectivity index (χ4n) is 2.76. The Balaban J connectivity index is 1.90. The minimum Gasteiger partial charge on any atom is -0.321 e. The molecule has 0 spiro atoms. The van der Waals surface area contributed by atoms with Gasteiger partial charge in [-0.3, -0.25) is 4.79 Å². The number of amides is 1. The number of nitrogens with zero attached hydrogens (tertiary/aromatic N) is 1. The van der Waals surface area contributed by atoms with Gasteiger partial charge in [0.05, 0.1) is 0 Å². The van der Waals surface area contributed by atoms with Crippen molar-refractivity contribution in [3.05, 3.63) is 105 Å². The van der Waals surface area contributed by atoms with E-state index >= 15 is 0 Å². The highest BCUT2D eigenvalue weighted by molar-refractivity contribution is 9.10. The van der Waals surface area contributed by atoms with Crippen LogP contribution in [0.1, 0.15) is 16.7 Å². The van der Waals surface area contributed by atoms with Crippen LogP contribution in [-0.2, 0) is 11.2 Å². The van der Waals surface area contributed by atoms with E-state index in [2.05, 4.69) is 21.2 Å². The number of carbonyl (C=O) groups is 1. The Morgan fingerprint density at radius 3 is 2.48 bits per heavy atom. The minimum absolute atomic E-state index is 0.104. The molecule has 1 amide bonds. The second-order valence-electron chi connectivity index (χ2n) is 6.28. The molecule has 0 atom stereocenters. The molecule has 29 heavy (non-hydrogen) atoms. The highest BCUT2D eigenvalue weighted by atomic mass is 79.9. The van der Waals surface area contributed by atoms with E-state index in [1.165, 1.54) is 42.5 Å². The van der Waals surface area contributed by atoms with Gasteiger partial charge >= 0.3 is 0 Å². The Labute approximate surface area is 175 Å².